The van der Waals surface area contributed by atoms with Crippen molar-refractivity contribution in [2.24, 2.45) is 0 Å². The molecule has 0 atom stereocenters. The van der Waals surface area contributed by atoms with Crippen molar-refractivity contribution in [1.29, 1.82) is 0 Å². The Hall–Kier alpha value is -1.35. The zero-order chi connectivity index (χ0) is 10.7. The highest BCUT2D eigenvalue weighted by molar-refractivity contribution is 9.10. The van der Waals surface area contributed by atoms with Gasteiger partial charge in [0.25, 0.3) is 0 Å². The van der Waals surface area contributed by atoms with Gasteiger partial charge in [0.1, 0.15) is 17.3 Å². The number of ether oxygens (including phenoxy) is 1. The van der Waals surface area contributed by atoms with Crippen molar-refractivity contribution in [1.82, 2.24) is 0 Å². The van der Waals surface area contributed by atoms with Crippen LogP contribution in [0.2, 0.25) is 0 Å². The van der Waals surface area contributed by atoms with Gasteiger partial charge < -0.3 is 4.74 Å². The molecule has 2 rings (SSSR count). The Morgan fingerprint density at radius 1 is 0.933 bits per heavy atom. The highest BCUT2D eigenvalue weighted by Crippen LogP contribution is 2.25. The van der Waals surface area contributed by atoms with Crippen LogP contribution in [0, 0.1) is 5.82 Å². The summed E-state index contributed by atoms with van der Waals surface area (Å²) in [4.78, 5) is 0. The van der Waals surface area contributed by atoms with E-state index >= 15 is 0 Å². The molecule has 0 aliphatic heterocycles. The zero-order valence-electron chi connectivity index (χ0n) is 7.78. The molecule has 0 saturated carbocycles. The van der Waals surface area contributed by atoms with Gasteiger partial charge in [0.05, 0.1) is 4.47 Å². The Labute approximate surface area is 95.6 Å². The van der Waals surface area contributed by atoms with Gasteiger partial charge >= 0.3 is 0 Å². The van der Waals surface area contributed by atoms with Gasteiger partial charge in [0.15, 0.2) is 0 Å². The van der Waals surface area contributed by atoms with Crippen LogP contribution in [0.25, 0.3) is 0 Å². The molecule has 3 heteroatoms. The third-order valence-corrected chi connectivity index (χ3v) is 2.51. The lowest BCUT2D eigenvalue weighted by Crippen LogP contribution is -1.85. The predicted octanol–water partition coefficient (Wildman–Crippen LogP) is 4.38. The van der Waals surface area contributed by atoms with E-state index in [-0.39, 0.29) is 5.82 Å². The molecular weight excluding hydrogens is 259 g/mol. The van der Waals surface area contributed by atoms with Crippen LogP contribution in [0.3, 0.4) is 0 Å². The van der Waals surface area contributed by atoms with Gasteiger partial charge in [0, 0.05) is 6.07 Å². The molecule has 0 fully saturated rings. The molecule has 0 bridgehead atoms. The summed E-state index contributed by atoms with van der Waals surface area (Å²) in [5, 5.41) is 0. The number of hydrogen-bond donors (Lipinski definition) is 0. The highest BCUT2D eigenvalue weighted by Gasteiger charge is 2.01. The predicted molar refractivity (Wildman–Crippen MR) is 60.6 cm³/mol. The summed E-state index contributed by atoms with van der Waals surface area (Å²) in [5.74, 6) is 0.851. The second kappa shape index (κ2) is 4.45. The SMILES string of the molecule is Fc1cc(Oc2ccccc2)ccc1Br. The van der Waals surface area contributed by atoms with Gasteiger partial charge in [-0.15, -0.1) is 0 Å². The Bertz CT molecular complexity index is 456. The molecule has 0 heterocycles. The van der Waals surface area contributed by atoms with Crippen LogP contribution < -0.4 is 4.74 Å². The van der Waals surface area contributed by atoms with Crippen LogP contribution >= 0.6 is 15.9 Å². The van der Waals surface area contributed by atoms with Crippen LogP contribution in [0.5, 0.6) is 11.5 Å². The van der Waals surface area contributed by atoms with Crippen LogP contribution in [0.1, 0.15) is 0 Å². The number of para-hydroxylation sites is 1. The zero-order valence-corrected chi connectivity index (χ0v) is 9.37. The van der Waals surface area contributed by atoms with Crippen molar-refractivity contribution in [2.45, 2.75) is 0 Å². The van der Waals surface area contributed by atoms with E-state index in [0.29, 0.717) is 16.0 Å². The summed E-state index contributed by atoms with van der Waals surface area (Å²) >= 11 is 3.08. The van der Waals surface area contributed by atoms with Gasteiger partial charge in [-0.3, -0.25) is 0 Å². The van der Waals surface area contributed by atoms with Crippen LogP contribution in [0.15, 0.2) is 53.0 Å². The van der Waals surface area contributed by atoms with Gasteiger partial charge in [-0.25, -0.2) is 4.39 Å². The first-order chi connectivity index (χ1) is 7.25. The summed E-state index contributed by atoms with van der Waals surface area (Å²) in [7, 11) is 0. The third-order valence-electron chi connectivity index (χ3n) is 1.87. The lowest BCUT2D eigenvalue weighted by Gasteiger charge is -2.05. The quantitative estimate of drug-likeness (QED) is 0.784. The molecule has 1 nitrogen and oxygen atoms in total. The average Bonchev–Trinajstić information content (AvgIpc) is 2.25. The van der Waals surface area contributed by atoms with E-state index in [2.05, 4.69) is 15.9 Å². The second-order valence-electron chi connectivity index (χ2n) is 2.99. The minimum absolute atomic E-state index is 0.330. The van der Waals surface area contributed by atoms with Crippen molar-refractivity contribution in [2.75, 3.05) is 0 Å². The Balaban J connectivity index is 2.22. The maximum absolute atomic E-state index is 13.2. The number of hydrogen-bond acceptors (Lipinski definition) is 1. The van der Waals surface area contributed by atoms with Crippen molar-refractivity contribution in [3.63, 3.8) is 0 Å². The van der Waals surface area contributed by atoms with Gasteiger partial charge in [-0.05, 0) is 40.2 Å². The van der Waals surface area contributed by atoms with E-state index < -0.39 is 0 Å². The van der Waals surface area contributed by atoms with Crippen LogP contribution in [0.4, 0.5) is 4.39 Å². The Kier molecular flexibility index (Phi) is 3.02. The molecule has 0 radical (unpaired) electrons. The first kappa shape index (κ1) is 10.2. The Morgan fingerprint density at radius 3 is 2.33 bits per heavy atom. The monoisotopic (exact) mass is 266 g/mol. The van der Waals surface area contributed by atoms with Crippen LogP contribution in [-0.4, -0.2) is 0 Å². The summed E-state index contributed by atoms with van der Waals surface area (Å²) in [6.07, 6.45) is 0. The molecule has 0 spiro atoms. The molecule has 0 unspecified atom stereocenters. The third kappa shape index (κ3) is 2.57. The topological polar surface area (TPSA) is 9.23 Å². The van der Waals surface area contributed by atoms with Crippen LogP contribution in [-0.2, 0) is 0 Å². The maximum atomic E-state index is 13.2. The minimum atomic E-state index is -0.330. The van der Waals surface area contributed by atoms with E-state index in [4.69, 9.17) is 4.74 Å². The number of halogens is 2. The van der Waals surface area contributed by atoms with E-state index in [1.165, 1.54) is 6.07 Å². The standard InChI is InChI=1S/C12H8BrFO/c13-11-7-6-10(8-12(11)14)15-9-4-2-1-3-5-9/h1-8H. The lowest BCUT2D eigenvalue weighted by atomic mass is 10.3. The molecule has 0 N–H and O–H groups in total. The molecule has 0 aliphatic rings. The molecule has 76 valence electrons. The molecule has 0 aromatic heterocycles. The molecule has 15 heavy (non-hydrogen) atoms. The van der Waals surface area contributed by atoms with E-state index in [9.17, 15) is 4.39 Å². The Morgan fingerprint density at radius 2 is 1.67 bits per heavy atom. The fourth-order valence-electron chi connectivity index (χ4n) is 1.16. The minimum Gasteiger partial charge on any atom is -0.457 e. The summed E-state index contributed by atoms with van der Waals surface area (Å²) < 4.78 is 19.0. The molecule has 0 amide bonds. The fourth-order valence-corrected chi connectivity index (χ4v) is 1.41. The number of benzene rings is 2. The lowest BCUT2D eigenvalue weighted by molar-refractivity contribution is 0.476. The van der Waals surface area contributed by atoms with Gasteiger partial charge in [-0.2, -0.15) is 0 Å². The molecular formula is C12H8BrFO. The number of rotatable bonds is 2. The second-order valence-corrected chi connectivity index (χ2v) is 3.85. The van der Waals surface area contributed by atoms with Gasteiger partial charge in [-0.1, -0.05) is 18.2 Å². The van der Waals surface area contributed by atoms with Crippen molar-refractivity contribution in [3.8, 4) is 11.5 Å². The van der Waals surface area contributed by atoms with E-state index in [1.54, 1.807) is 12.1 Å². The average molecular weight is 267 g/mol. The maximum Gasteiger partial charge on any atom is 0.141 e. The van der Waals surface area contributed by atoms with Crippen molar-refractivity contribution >= 4 is 15.9 Å². The first-order valence-corrected chi connectivity index (χ1v) is 5.23. The normalized spacial score (nSPS) is 10.0. The molecule has 0 aliphatic carbocycles. The molecule has 0 saturated heterocycles. The van der Waals surface area contributed by atoms with E-state index in [0.717, 1.165) is 0 Å². The van der Waals surface area contributed by atoms with Crippen molar-refractivity contribution < 1.29 is 9.13 Å². The smallest absolute Gasteiger partial charge is 0.141 e. The summed E-state index contributed by atoms with van der Waals surface area (Å²) in [6.45, 7) is 0. The highest BCUT2D eigenvalue weighted by atomic mass is 79.9. The van der Waals surface area contributed by atoms with Gasteiger partial charge in [0.2, 0.25) is 0 Å². The molecule has 2 aromatic carbocycles. The molecule has 2 aromatic rings. The fraction of sp³-hybridized carbons (Fsp3) is 0. The van der Waals surface area contributed by atoms with E-state index in [1.807, 2.05) is 30.3 Å². The largest absolute Gasteiger partial charge is 0.457 e. The summed E-state index contributed by atoms with van der Waals surface area (Å²) in [6, 6.07) is 13.9. The van der Waals surface area contributed by atoms with Crippen molar-refractivity contribution in [3.05, 3.63) is 58.8 Å². The summed E-state index contributed by atoms with van der Waals surface area (Å²) in [5.41, 5.74) is 0. The first-order valence-electron chi connectivity index (χ1n) is 4.43.